The average Bonchev–Trinajstić information content (AvgIpc) is 2.67. The van der Waals surface area contributed by atoms with E-state index < -0.39 is 5.69 Å². The number of halogens is 1. The highest BCUT2D eigenvalue weighted by molar-refractivity contribution is 6.31. The summed E-state index contributed by atoms with van der Waals surface area (Å²) < 4.78 is 2.58. The van der Waals surface area contributed by atoms with Gasteiger partial charge in [0.15, 0.2) is 0 Å². The van der Waals surface area contributed by atoms with Crippen molar-refractivity contribution in [3.05, 3.63) is 73.9 Å². The minimum absolute atomic E-state index is 0.201. The van der Waals surface area contributed by atoms with Crippen molar-refractivity contribution in [1.82, 2.24) is 9.13 Å². The van der Waals surface area contributed by atoms with Crippen LogP contribution in [-0.4, -0.2) is 15.0 Å². The molecule has 0 unspecified atom stereocenters. The molecule has 0 aliphatic rings. The van der Waals surface area contributed by atoms with Crippen LogP contribution in [0.3, 0.4) is 0 Å². The first kappa shape index (κ1) is 20.9. The number of hydrogen-bond donors (Lipinski definition) is 1. The Morgan fingerprint density at radius 2 is 1.83 bits per heavy atom. The van der Waals surface area contributed by atoms with Gasteiger partial charge in [0.2, 0.25) is 5.91 Å². The van der Waals surface area contributed by atoms with Crippen LogP contribution in [0.2, 0.25) is 5.02 Å². The van der Waals surface area contributed by atoms with Crippen LogP contribution in [0, 0.1) is 12.8 Å². The van der Waals surface area contributed by atoms with Gasteiger partial charge in [0, 0.05) is 17.3 Å². The summed E-state index contributed by atoms with van der Waals surface area (Å²) in [4.78, 5) is 38.6. The third kappa shape index (κ3) is 4.59. The summed E-state index contributed by atoms with van der Waals surface area (Å²) in [6, 6.07) is 12.1. The van der Waals surface area contributed by atoms with Gasteiger partial charge in [-0.15, -0.1) is 0 Å². The molecule has 0 radical (unpaired) electrons. The van der Waals surface area contributed by atoms with Crippen LogP contribution >= 0.6 is 11.6 Å². The van der Waals surface area contributed by atoms with Gasteiger partial charge in [-0.3, -0.25) is 18.7 Å². The zero-order valence-electron chi connectivity index (χ0n) is 16.7. The molecule has 3 aromatic rings. The average molecular weight is 414 g/mol. The topological polar surface area (TPSA) is 73.1 Å². The molecule has 0 bridgehead atoms. The predicted octanol–water partition coefficient (Wildman–Crippen LogP) is 3.81. The summed E-state index contributed by atoms with van der Waals surface area (Å²) in [5, 5.41) is 3.73. The summed E-state index contributed by atoms with van der Waals surface area (Å²) in [6.45, 7) is 6.04. The van der Waals surface area contributed by atoms with E-state index in [0.717, 1.165) is 5.56 Å². The van der Waals surface area contributed by atoms with E-state index in [2.05, 4.69) is 5.32 Å². The predicted molar refractivity (Wildman–Crippen MR) is 117 cm³/mol. The second-order valence-corrected chi connectivity index (χ2v) is 7.97. The summed E-state index contributed by atoms with van der Waals surface area (Å²) in [5.74, 6) is -0.0213. The van der Waals surface area contributed by atoms with E-state index in [0.29, 0.717) is 40.5 Å². The van der Waals surface area contributed by atoms with Crippen molar-refractivity contribution in [3.63, 3.8) is 0 Å². The van der Waals surface area contributed by atoms with Gasteiger partial charge in [0.25, 0.3) is 5.56 Å². The van der Waals surface area contributed by atoms with E-state index in [4.69, 9.17) is 11.6 Å². The van der Waals surface area contributed by atoms with Crippen molar-refractivity contribution in [1.29, 1.82) is 0 Å². The molecule has 0 saturated carbocycles. The highest BCUT2D eigenvalue weighted by atomic mass is 35.5. The number of para-hydroxylation sites is 1. The Kier molecular flexibility index (Phi) is 6.23. The van der Waals surface area contributed by atoms with Crippen LogP contribution < -0.4 is 16.6 Å². The van der Waals surface area contributed by atoms with E-state index in [-0.39, 0.29) is 18.0 Å². The quantitative estimate of drug-likeness (QED) is 0.667. The maximum atomic E-state index is 13.1. The molecular weight excluding hydrogens is 390 g/mol. The van der Waals surface area contributed by atoms with Crippen LogP contribution in [0.1, 0.15) is 25.8 Å². The van der Waals surface area contributed by atoms with E-state index in [9.17, 15) is 14.4 Å². The first-order valence-electron chi connectivity index (χ1n) is 9.56. The van der Waals surface area contributed by atoms with Crippen LogP contribution in [-0.2, 0) is 17.9 Å². The van der Waals surface area contributed by atoms with Gasteiger partial charge in [0.1, 0.15) is 6.54 Å². The lowest BCUT2D eigenvalue weighted by atomic mass is 10.1. The van der Waals surface area contributed by atoms with Crippen molar-refractivity contribution in [2.24, 2.45) is 5.92 Å². The highest BCUT2D eigenvalue weighted by Crippen LogP contribution is 2.20. The number of aryl methyl sites for hydroxylation is 1. The summed E-state index contributed by atoms with van der Waals surface area (Å²) in [5.41, 5.74) is 1.09. The van der Waals surface area contributed by atoms with Gasteiger partial charge in [0.05, 0.1) is 10.9 Å². The monoisotopic (exact) mass is 413 g/mol. The summed E-state index contributed by atoms with van der Waals surface area (Å²) in [6.07, 6.45) is 0.696. The van der Waals surface area contributed by atoms with E-state index in [1.807, 2.05) is 26.8 Å². The molecule has 3 rings (SSSR count). The minimum Gasteiger partial charge on any atom is -0.324 e. The standard InChI is InChI=1S/C22H24ClN3O3/c1-14(2)10-11-25-21(28)17-6-4-5-7-19(17)26(22(25)29)13-20(27)24-18-12-16(23)9-8-15(18)3/h4-9,12,14H,10-11,13H2,1-3H3,(H,24,27). The maximum absolute atomic E-state index is 13.1. The number of anilines is 1. The number of carbonyl (C=O) groups excluding carboxylic acids is 1. The Balaban J connectivity index is 2.01. The third-order valence-electron chi connectivity index (χ3n) is 4.84. The minimum atomic E-state index is -0.479. The fourth-order valence-corrected chi connectivity index (χ4v) is 3.34. The number of aromatic nitrogens is 2. The highest BCUT2D eigenvalue weighted by Gasteiger charge is 2.16. The lowest BCUT2D eigenvalue weighted by Gasteiger charge is -2.15. The van der Waals surface area contributed by atoms with Crippen LogP contribution in [0.4, 0.5) is 5.69 Å². The number of rotatable bonds is 6. The number of hydrogen-bond acceptors (Lipinski definition) is 3. The first-order chi connectivity index (χ1) is 13.8. The molecule has 1 N–H and O–H groups in total. The van der Waals surface area contributed by atoms with E-state index in [1.165, 1.54) is 9.13 Å². The zero-order chi connectivity index (χ0) is 21.1. The summed E-state index contributed by atoms with van der Waals surface area (Å²) >= 11 is 6.02. The molecule has 0 aliphatic carbocycles. The van der Waals surface area contributed by atoms with Crippen LogP contribution in [0.25, 0.3) is 10.9 Å². The van der Waals surface area contributed by atoms with E-state index >= 15 is 0 Å². The van der Waals surface area contributed by atoms with Crippen molar-refractivity contribution < 1.29 is 4.79 Å². The van der Waals surface area contributed by atoms with Crippen LogP contribution in [0.15, 0.2) is 52.1 Å². The van der Waals surface area contributed by atoms with Crippen molar-refractivity contribution in [2.75, 3.05) is 5.32 Å². The molecule has 0 saturated heterocycles. The van der Waals surface area contributed by atoms with Crippen molar-refractivity contribution in [2.45, 2.75) is 40.3 Å². The number of amides is 1. The molecule has 1 amide bonds. The SMILES string of the molecule is Cc1ccc(Cl)cc1NC(=O)Cn1c(=O)n(CCC(C)C)c(=O)c2ccccc21. The van der Waals surface area contributed by atoms with Gasteiger partial charge in [-0.2, -0.15) is 0 Å². The fourth-order valence-electron chi connectivity index (χ4n) is 3.17. The number of nitrogens with one attached hydrogen (secondary N) is 1. The van der Waals surface area contributed by atoms with Gasteiger partial charge in [-0.25, -0.2) is 4.79 Å². The fraction of sp³-hybridized carbons (Fsp3) is 0.318. The number of carbonyl (C=O) groups is 1. The number of benzene rings is 2. The largest absolute Gasteiger partial charge is 0.331 e. The molecule has 2 aromatic carbocycles. The molecule has 1 heterocycles. The van der Waals surface area contributed by atoms with Gasteiger partial charge in [-0.05, 0) is 49.1 Å². The Morgan fingerprint density at radius 1 is 1.10 bits per heavy atom. The molecular formula is C22H24ClN3O3. The molecule has 6 nitrogen and oxygen atoms in total. The number of fused-ring (bicyclic) bond motifs is 1. The molecule has 0 fully saturated rings. The Labute approximate surface area is 173 Å². The molecule has 1 aromatic heterocycles. The number of nitrogens with zero attached hydrogens (tertiary/aromatic N) is 2. The molecule has 29 heavy (non-hydrogen) atoms. The smallest absolute Gasteiger partial charge is 0.324 e. The van der Waals surface area contributed by atoms with Gasteiger partial charge >= 0.3 is 5.69 Å². The molecule has 0 atom stereocenters. The molecule has 152 valence electrons. The second kappa shape index (κ2) is 8.66. The zero-order valence-corrected chi connectivity index (χ0v) is 17.5. The second-order valence-electron chi connectivity index (χ2n) is 7.53. The van der Waals surface area contributed by atoms with Crippen molar-refractivity contribution in [3.8, 4) is 0 Å². The van der Waals surface area contributed by atoms with Gasteiger partial charge in [-0.1, -0.05) is 43.6 Å². The third-order valence-corrected chi connectivity index (χ3v) is 5.07. The van der Waals surface area contributed by atoms with E-state index in [1.54, 1.807) is 36.4 Å². The Bertz CT molecular complexity index is 1180. The Hall–Kier alpha value is -2.86. The summed E-state index contributed by atoms with van der Waals surface area (Å²) in [7, 11) is 0. The van der Waals surface area contributed by atoms with Crippen LogP contribution in [0.5, 0.6) is 0 Å². The van der Waals surface area contributed by atoms with Gasteiger partial charge < -0.3 is 5.32 Å². The lowest BCUT2D eigenvalue weighted by Crippen LogP contribution is -2.42. The van der Waals surface area contributed by atoms with Crippen molar-refractivity contribution >= 4 is 34.1 Å². The molecule has 7 heteroatoms. The Morgan fingerprint density at radius 3 is 2.55 bits per heavy atom. The maximum Gasteiger partial charge on any atom is 0.331 e. The molecule has 0 spiro atoms. The normalized spacial score (nSPS) is 11.2. The molecule has 0 aliphatic heterocycles. The lowest BCUT2D eigenvalue weighted by molar-refractivity contribution is -0.116. The first-order valence-corrected chi connectivity index (χ1v) is 9.94.